The Labute approximate surface area is 175 Å². The number of thiazole rings is 1. The highest BCUT2D eigenvalue weighted by Crippen LogP contribution is 2.29. The molecule has 0 spiro atoms. The molecule has 2 aromatic carbocycles. The van der Waals surface area contributed by atoms with Crippen LogP contribution in [0.25, 0.3) is 0 Å². The van der Waals surface area contributed by atoms with E-state index >= 15 is 0 Å². The molecule has 3 rings (SSSR count). The highest BCUT2D eigenvalue weighted by molar-refractivity contribution is 7.73. The Morgan fingerprint density at radius 3 is 2.55 bits per heavy atom. The summed E-state index contributed by atoms with van der Waals surface area (Å²) in [5, 5.41) is 9.77. The summed E-state index contributed by atoms with van der Waals surface area (Å²) in [4.78, 5) is 14.7. The van der Waals surface area contributed by atoms with Gasteiger partial charge in [0.2, 0.25) is 5.88 Å². The molecule has 1 heterocycles. The van der Waals surface area contributed by atoms with Crippen molar-refractivity contribution in [1.82, 2.24) is 4.98 Å². The number of aromatic hydroxyl groups is 1. The summed E-state index contributed by atoms with van der Waals surface area (Å²) in [6.07, 6.45) is 0.686. The minimum absolute atomic E-state index is 0.00717. The van der Waals surface area contributed by atoms with Crippen molar-refractivity contribution in [3.8, 4) is 17.4 Å². The molecule has 6 nitrogen and oxygen atoms in total. The van der Waals surface area contributed by atoms with Crippen molar-refractivity contribution in [1.29, 1.82) is 0 Å². The number of aromatic amines is 1. The molecule has 0 fully saturated rings. The van der Waals surface area contributed by atoms with Gasteiger partial charge in [-0.1, -0.05) is 18.2 Å². The zero-order chi connectivity index (χ0) is 21.0. The first-order chi connectivity index (χ1) is 13.9. The van der Waals surface area contributed by atoms with E-state index in [1.54, 1.807) is 30.3 Å². The predicted molar refractivity (Wildman–Crippen MR) is 111 cm³/mol. The summed E-state index contributed by atoms with van der Waals surface area (Å²) in [5.74, 6) is -0.456. The van der Waals surface area contributed by atoms with Crippen LogP contribution in [0.5, 0.6) is 17.4 Å². The average Bonchev–Trinajstić information content (AvgIpc) is 3.01. The third-order valence-corrected chi connectivity index (χ3v) is 5.40. The smallest absolute Gasteiger partial charge is 0.322 e. The number of H-pyrrole nitrogens is 1. The number of hydrogen-bond acceptors (Lipinski definition) is 7. The van der Waals surface area contributed by atoms with Crippen LogP contribution >= 0.6 is 23.6 Å². The Bertz CT molecular complexity index is 1060. The lowest BCUT2D eigenvalue weighted by Crippen LogP contribution is -2.33. The molecular formula is C20H19FN2O4S2. The first-order valence-corrected chi connectivity index (χ1v) is 9.87. The second-order valence-electron chi connectivity index (χ2n) is 6.31. The molecule has 1 atom stereocenters. The van der Waals surface area contributed by atoms with Crippen molar-refractivity contribution in [3.05, 3.63) is 68.2 Å². The van der Waals surface area contributed by atoms with Crippen LogP contribution in [-0.4, -0.2) is 29.2 Å². The maximum absolute atomic E-state index is 14.4. The van der Waals surface area contributed by atoms with Gasteiger partial charge in [-0.2, -0.15) is 0 Å². The Morgan fingerprint density at radius 1 is 1.28 bits per heavy atom. The van der Waals surface area contributed by atoms with E-state index < -0.39 is 17.8 Å². The fourth-order valence-electron chi connectivity index (χ4n) is 2.70. The number of nitrogens with one attached hydrogen (secondary N) is 1. The number of aromatic nitrogens is 1. The first-order valence-electron chi connectivity index (χ1n) is 8.65. The van der Waals surface area contributed by atoms with Crippen LogP contribution in [0, 0.1) is 9.77 Å². The number of methoxy groups -OCH3 is 1. The topological polar surface area (TPSA) is 97.6 Å². The van der Waals surface area contributed by atoms with E-state index in [-0.39, 0.29) is 11.6 Å². The molecule has 0 aliphatic heterocycles. The Hall–Kier alpha value is -2.75. The number of carbonyl (C=O) groups is 1. The van der Waals surface area contributed by atoms with Gasteiger partial charge < -0.3 is 25.3 Å². The van der Waals surface area contributed by atoms with Crippen molar-refractivity contribution in [3.63, 3.8) is 0 Å². The van der Waals surface area contributed by atoms with Gasteiger partial charge in [0, 0.05) is 6.42 Å². The van der Waals surface area contributed by atoms with Crippen LogP contribution in [0.2, 0.25) is 0 Å². The molecule has 1 aromatic heterocycles. The molecule has 0 saturated heterocycles. The van der Waals surface area contributed by atoms with Gasteiger partial charge in [-0.3, -0.25) is 4.79 Å². The summed E-state index contributed by atoms with van der Waals surface area (Å²) < 4.78 is 25.1. The number of halogens is 1. The number of carbonyl (C=O) groups excluding carboxylic acids is 1. The summed E-state index contributed by atoms with van der Waals surface area (Å²) in [5.41, 5.74) is 7.26. The summed E-state index contributed by atoms with van der Waals surface area (Å²) in [6, 6.07) is 10.8. The Balaban J connectivity index is 1.66. The molecule has 0 bridgehead atoms. The SMILES string of the molecule is COC(=O)[C@@H](N)Cc1ccc(Oc2ccc(Cc3sc(=S)[nH]c3O)cc2F)cc1. The van der Waals surface area contributed by atoms with Gasteiger partial charge >= 0.3 is 5.97 Å². The molecule has 0 saturated carbocycles. The van der Waals surface area contributed by atoms with Crippen molar-refractivity contribution >= 4 is 29.5 Å². The van der Waals surface area contributed by atoms with Crippen molar-refractivity contribution in [2.45, 2.75) is 18.9 Å². The van der Waals surface area contributed by atoms with Gasteiger partial charge in [0.1, 0.15) is 11.8 Å². The van der Waals surface area contributed by atoms with Gasteiger partial charge in [0.25, 0.3) is 0 Å². The molecule has 0 radical (unpaired) electrons. The fourth-order valence-corrected chi connectivity index (χ4v) is 3.86. The minimum Gasteiger partial charge on any atom is -0.494 e. The molecule has 0 amide bonds. The van der Waals surface area contributed by atoms with Gasteiger partial charge in [-0.15, -0.1) is 11.3 Å². The van der Waals surface area contributed by atoms with Crippen LogP contribution in [0.3, 0.4) is 0 Å². The molecule has 0 aliphatic carbocycles. The van der Waals surface area contributed by atoms with Crippen LogP contribution in [-0.2, 0) is 22.4 Å². The monoisotopic (exact) mass is 434 g/mol. The fraction of sp³-hybridized carbons (Fsp3) is 0.200. The highest BCUT2D eigenvalue weighted by Gasteiger charge is 2.14. The molecule has 0 aliphatic rings. The van der Waals surface area contributed by atoms with Gasteiger partial charge in [0.15, 0.2) is 15.5 Å². The van der Waals surface area contributed by atoms with Crippen LogP contribution in [0.4, 0.5) is 4.39 Å². The van der Waals surface area contributed by atoms with E-state index in [1.165, 1.54) is 30.6 Å². The summed E-state index contributed by atoms with van der Waals surface area (Å²) in [7, 11) is 1.29. The van der Waals surface area contributed by atoms with E-state index in [0.29, 0.717) is 33.0 Å². The molecule has 0 unspecified atom stereocenters. The minimum atomic E-state index is -0.742. The van der Waals surface area contributed by atoms with Crippen LogP contribution < -0.4 is 10.5 Å². The zero-order valence-electron chi connectivity index (χ0n) is 15.5. The molecule has 4 N–H and O–H groups in total. The van der Waals surface area contributed by atoms with E-state index in [2.05, 4.69) is 9.72 Å². The number of hydrogen-bond donors (Lipinski definition) is 3. The number of nitrogens with two attached hydrogens (primary N) is 1. The maximum Gasteiger partial charge on any atom is 0.322 e. The maximum atomic E-state index is 14.4. The molecule has 3 aromatic rings. The second kappa shape index (κ2) is 9.17. The normalized spacial score (nSPS) is 11.8. The standard InChI is InChI=1S/C20H19FN2O4S2/c1-26-19(25)15(22)9-11-2-5-13(6-3-11)27-16-7-4-12(8-14(16)21)10-17-18(24)23-20(28)29-17/h2-8,15,24H,9-10,22H2,1H3,(H,23,28)/t15-/m0/s1. The lowest BCUT2D eigenvalue weighted by atomic mass is 10.1. The average molecular weight is 435 g/mol. The second-order valence-corrected chi connectivity index (χ2v) is 8.08. The lowest BCUT2D eigenvalue weighted by Gasteiger charge is -2.11. The summed E-state index contributed by atoms with van der Waals surface area (Å²) >= 11 is 6.23. The molecule has 29 heavy (non-hydrogen) atoms. The van der Waals surface area contributed by atoms with E-state index in [1.807, 2.05) is 0 Å². The van der Waals surface area contributed by atoms with Crippen molar-refractivity contribution in [2.75, 3.05) is 7.11 Å². The number of benzene rings is 2. The quantitative estimate of drug-likeness (QED) is 0.383. The lowest BCUT2D eigenvalue weighted by molar-refractivity contribution is -0.142. The largest absolute Gasteiger partial charge is 0.494 e. The summed E-state index contributed by atoms with van der Waals surface area (Å²) in [6.45, 7) is 0. The molecule has 9 heteroatoms. The zero-order valence-corrected chi connectivity index (χ0v) is 17.1. The van der Waals surface area contributed by atoms with Gasteiger partial charge in [-0.25, -0.2) is 4.39 Å². The number of rotatable bonds is 7. The van der Waals surface area contributed by atoms with Gasteiger partial charge in [-0.05, 0) is 54.0 Å². The third-order valence-electron chi connectivity index (χ3n) is 4.17. The van der Waals surface area contributed by atoms with Crippen LogP contribution in [0.1, 0.15) is 16.0 Å². The number of ether oxygens (including phenoxy) is 2. The van der Waals surface area contributed by atoms with E-state index in [4.69, 9.17) is 22.7 Å². The van der Waals surface area contributed by atoms with Crippen molar-refractivity contribution in [2.24, 2.45) is 5.73 Å². The van der Waals surface area contributed by atoms with Gasteiger partial charge in [0.05, 0.1) is 12.0 Å². The molecular weight excluding hydrogens is 415 g/mol. The third kappa shape index (κ3) is 5.41. The first kappa shape index (κ1) is 21.0. The van der Waals surface area contributed by atoms with E-state index in [9.17, 15) is 14.3 Å². The Kier molecular flexibility index (Phi) is 6.63. The number of esters is 1. The molecule has 152 valence electrons. The Morgan fingerprint density at radius 2 is 1.97 bits per heavy atom. The highest BCUT2D eigenvalue weighted by atomic mass is 32.1. The van der Waals surface area contributed by atoms with Crippen molar-refractivity contribution < 1.29 is 23.8 Å². The van der Waals surface area contributed by atoms with Crippen LogP contribution in [0.15, 0.2) is 42.5 Å². The van der Waals surface area contributed by atoms with E-state index in [0.717, 1.165) is 5.56 Å². The predicted octanol–water partition coefficient (Wildman–Crippen LogP) is 4.08.